The fourth-order valence-corrected chi connectivity index (χ4v) is 1.51. The molecule has 9 nitrogen and oxygen atoms in total. The van der Waals surface area contributed by atoms with Gasteiger partial charge in [0.25, 0.3) is 0 Å². The van der Waals surface area contributed by atoms with Gasteiger partial charge in [0.1, 0.15) is 6.54 Å². The molecule has 0 saturated heterocycles. The number of ketones is 2. The van der Waals surface area contributed by atoms with E-state index in [9.17, 15) is 19.2 Å². The molecule has 0 fully saturated rings. The number of carboxylic acids is 1. The van der Waals surface area contributed by atoms with Crippen molar-refractivity contribution in [3.05, 3.63) is 0 Å². The van der Waals surface area contributed by atoms with Crippen molar-refractivity contribution in [2.45, 2.75) is 38.8 Å². The Hall–Kier alpha value is -1.84. The molecule has 0 heterocycles. The highest BCUT2D eigenvalue weighted by Crippen LogP contribution is 2.06. The Balaban J connectivity index is 4.42. The summed E-state index contributed by atoms with van der Waals surface area (Å²) in [5.74, 6) is -2.14. The van der Waals surface area contributed by atoms with E-state index in [1.165, 1.54) is 0 Å². The van der Waals surface area contributed by atoms with Crippen molar-refractivity contribution in [3.63, 3.8) is 0 Å². The maximum absolute atomic E-state index is 12.2. The van der Waals surface area contributed by atoms with E-state index in [0.29, 0.717) is 0 Å². The van der Waals surface area contributed by atoms with Crippen molar-refractivity contribution in [1.82, 2.24) is 16.0 Å². The van der Waals surface area contributed by atoms with Gasteiger partial charge < -0.3 is 16.2 Å². The lowest BCUT2D eigenvalue weighted by Crippen LogP contribution is -2.57. The zero-order chi connectivity index (χ0) is 18.3. The second-order valence-corrected chi connectivity index (χ2v) is 6.18. The van der Waals surface area contributed by atoms with Gasteiger partial charge in [-0.05, 0) is 27.7 Å². The van der Waals surface area contributed by atoms with Crippen LogP contribution in [0.4, 0.5) is 0 Å². The van der Waals surface area contributed by atoms with Gasteiger partial charge >= 0.3 is 5.97 Å². The monoisotopic (exact) mass is 330 g/mol. The number of rotatable bonds is 11. The standard InChI is InChI=1S/C14H26N4O5/c1-13(2,9(19)5-15)17-6-10(20)14(3,4)18-7-11(21)16-8-12(22)23/h17-18H,5-8,15H2,1-4H3,(H,16,21)(H,22,23). The van der Waals surface area contributed by atoms with Crippen molar-refractivity contribution in [2.24, 2.45) is 5.73 Å². The minimum Gasteiger partial charge on any atom is -0.480 e. The Morgan fingerprint density at radius 2 is 1.35 bits per heavy atom. The maximum atomic E-state index is 12.2. The number of carbonyl (C=O) groups excluding carboxylic acids is 3. The zero-order valence-electron chi connectivity index (χ0n) is 14.0. The molecule has 0 atom stereocenters. The van der Waals surface area contributed by atoms with Gasteiger partial charge in [-0.3, -0.25) is 29.8 Å². The third kappa shape index (κ3) is 7.82. The largest absolute Gasteiger partial charge is 0.480 e. The minimum atomic E-state index is -1.15. The van der Waals surface area contributed by atoms with E-state index in [-0.39, 0.29) is 31.2 Å². The molecule has 0 spiro atoms. The van der Waals surface area contributed by atoms with Gasteiger partial charge in [0.15, 0.2) is 11.6 Å². The normalized spacial score (nSPS) is 11.9. The Kier molecular flexibility index (Phi) is 8.01. The molecule has 0 aliphatic carbocycles. The molecule has 0 unspecified atom stereocenters. The van der Waals surface area contributed by atoms with Crippen LogP contribution in [0.1, 0.15) is 27.7 Å². The van der Waals surface area contributed by atoms with Gasteiger partial charge in [-0.15, -0.1) is 0 Å². The number of hydrogen-bond acceptors (Lipinski definition) is 7. The highest BCUT2D eigenvalue weighted by Gasteiger charge is 2.31. The van der Waals surface area contributed by atoms with Crippen LogP contribution in [-0.4, -0.2) is 65.8 Å². The molecule has 1 amide bonds. The number of carboxylic acid groups (broad SMARTS) is 1. The summed E-state index contributed by atoms with van der Waals surface area (Å²) >= 11 is 0. The van der Waals surface area contributed by atoms with E-state index in [1.807, 2.05) is 0 Å². The Morgan fingerprint density at radius 1 is 0.870 bits per heavy atom. The fourth-order valence-electron chi connectivity index (χ4n) is 1.51. The van der Waals surface area contributed by atoms with Crippen LogP contribution < -0.4 is 21.7 Å². The first-order valence-electron chi connectivity index (χ1n) is 7.17. The zero-order valence-corrected chi connectivity index (χ0v) is 14.0. The topological polar surface area (TPSA) is 151 Å². The minimum absolute atomic E-state index is 0.0739. The van der Waals surface area contributed by atoms with Crippen LogP contribution in [-0.2, 0) is 19.2 Å². The molecule has 0 bridgehead atoms. The first-order valence-corrected chi connectivity index (χ1v) is 7.17. The Morgan fingerprint density at radius 3 is 1.83 bits per heavy atom. The van der Waals surface area contributed by atoms with Crippen molar-refractivity contribution in [2.75, 3.05) is 26.2 Å². The molecular weight excluding hydrogens is 304 g/mol. The molecule has 6 N–H and O–H groups in total. The smallest absolute Gasteiger partial charge is 0.322 e. The number of aliphatic carboxylic acids is 1. The molecule has 0 radical (unpaired) electrons. The Bertz CT molecular complexity index is 474. The molecule has 0 aromatic carbocycles. The van der Waals surface area contributed by atoms with E-state index in [1.54, 1.807) is 27.7 Å². The predicted octanol–water partition coefficient (Wildman–Crippen LogP) is -1.98. The second kappa shape index (κ2) is 8.70. The highest BCUT2D eigenvalue weighted by atomic mass is 16.4. The van der Waals surface area contributed by atoms with Crippen LogP contribution in [0.15, 0.2) is 0 Å². The number of amides is 1. The van der Waals surface area contributed by atoms with E-state index in [0.717, 1.165) is 0 Å². The third-order valence-electron chi connectivity index (χ3n) is 3.40. The summed E-state index contributed by atoms with van der Waals surface area (Å²) < 4.78 is 0. The number of nitrogens with one attached hydrogen (secondary N) is 3. The van der Waals surface area contributed by atoms with Crippen LogP contribution in [0.5, 0.6) is 0 Å². The van der Waals surface area contributed by atoms with Crippen LogP contribution >= 0.6 is 0 Å². The summed E-state index contributed by atoms with van der Waals surface area (Å²) in [5.41, 5.74) is 3.37. The number of carbonyl (C=O) groups is 4. The lowest BCUT2D eigenvalue weighted by atomic mass is 9.95. The average molecular weight is 330 g/mol. The van der Waals surface area contributed by atoms with E-state index in [4.69, 9.17) is 10.8 Å². The van der Waals surface area contributed by atoms with Crippen LogP contribution in [0.2, 0.25) is 0 Å². The fraction of sp³-hybridized carbons (Fsp3) is 0.714. The molecular formula is C14H26N4O5. The molecule has 0 aromatic heterocycles. The summed E-state index contributed by atoms with van der Waals surface area (Å²) in [6, 6.07) is 0. The predicted molar refractivity (Wildman–Crippen MR) is 83.9 cm³/mol. The molecule has 0 rings (SSSR count). The van der Waals surface area contributed by atoms with Crippen LogP contribution in [0.25, 0.3) is 0 Å². The van der Waals surface area contributed by atoms with E-state index < -0.39 is 29.5 Å². The van der Waals surface area contributed by atoms with Gasteiger partial charge in [0.2, 0.25) is 5.91 Å². The number of hydrogen-bond donors (Lipinski definition) is 5. The first-order chi connectivity index (χ1) is 10.4. The molecule has 132 valence electrons. The number of Topliss-reactive ketones (excluding diaryl/α,β-unsaturated/α-hetero) is 2. The summed E-state index contributed by atoms with van der Waals surface area (Å²) in [6.07, 6.45) is 0. The number of nitrogens with two attached hydrogens (primary N) is 1. The third-order valence-corrected chi connectivity index (χ3v) is 3.40. The molecule has 0 aliphatic rings. The summed E-state index contributed by atoms with van der Waals surface area (Å²) in [6.45, 7) is 5.58. The first kappa shape index (κ1) is 21.2. The van der Waals surface area contributed by atoms with Crippen molar-refractivity contribution in [3.8, 4) is 0 Å². The van der Waals surface area contributed by atoms with E-state index in [2.05, 4.69) is 16.0 Å². The average Bonchev–Trinajstić information content (AvgIpc) is 2.47. The Labute approximate surface area is 135 Å². The molecule has 0 aromatic rings. The summed E-state index contributed by atoms with van der Waals surface area (Å²) in [7, 11) is 0. The van der Waals surface area contributed by atoms with Gasteiger partial charge in [0, 0.05) is 0 Å². The SMILES string of the molecule is CC(C)(NCC(=O)C(C)(C)NCC(=O)NCC(=O)O)C(=O)CN. The lowest BCUT2D eigenvalue weighted by Gasteiger charge is -2.28. The molecule has 9 heteroatoms. The van der Waals surface area contributed by atoms with Gasteiger partial charge in [-0.25, -0.2) is 0 Å². The van der Waals surface area contributed by atoms with Gasteiger partial charge in [-0.2, -0.15) is 0 Å². The highest BCUT2D eigenvalue weighted by molar-refractivity contribution is 5.93. The van der Waals surface area contributed by atoms with Crippen molar-refractivity contribution in [1.29, 1.82) is 0 Å². The van der Waals surface area contributed by atoms with E-state index >= 15 is 0 Å². The van der Waals surface area contributed by atoms with Gasteiger partial charge in [-0.1, -0.05) is 0 Å². The summed E-state index contributed by atoms with van der Waals surface area (Å²) in [4.78, 5) is 45.6. The van der Waals surface area contributed by atoms with Crippen LogP contribution in [0, 0.1) is 0 Å². The lowest BCUT2D eigenvalue weighted by molar-refractivity contribution is -0.138. The van der Waals surface area contributed by atoms with Crippen LogP contribution in [0.3, 0.4) is 0 Å². The molecule has 0 saturated carbocycles. The molecule has 0 aliphatic heterocycles. The maximum Gasteiger partial charge on any atom is 0.322 e. The quantitative estimate of drug-likeness (QED) is 0.292. The van der Waals surface area contributed by atoms with Crippen molar-refractivity contribution < 1.29 is 24.3 Å². The molecule has 23 heavy (non-hydrogen) atoms. The second-order valence-electron chi connectivity index (χ2n) is 6.18. The van der Waals surface area contributed by atoms with Gasteiger partial charge in [0.05, 0.1) is 30.7 Å². The van der Waals surface area contributed by atoms with Crippen molar-refractivity contribution >= 4 is 23.4 Å². The summed E-state index contributed by atoms with van der Waals surface area (Å²) in [5, 5.41) is 16.2.